The van der Waals surface area contributed by atoms with Gasteiger partial charge in [-0.3, -0.25) is 9.59 Å². The van der Waals surface area contributed by atoms with Crippen LogP contribution in [-0.4, -0.2) is 28.8 Å². The van der Waals surface area contributed by atoms with Gasteiger partial charge in [-0.15, -0.1) is 0 Å². The molecule has 172 valence electrons. The van der Waals surface area contributed by atoms with E-state index < -0.39 is 6.04 Å². The van der Waals surface area contributed by atoms with Crippen molar-refractivity contribution in [1.29, 1.82) is 0 Å². The number of hydrogen-bond donors (Lipinski definition) is 1. The van der Waals surface area contributed by atoms with Gasteiger partial charge in [-0.25, -0.2) is 0 Å². The quantitative estimate of drug-likeness (QED) is 0.578. The average molecular weight is 435 g/mol. The lowest BCUT2D eigenvalue weighted by molar-refractivity contribution is -0.141. The molecule has 0 spiro atoms. The van der Waals surface area contributed by atoms with Crippen molar-refractivity contribution in [1.82, 2.24) is 10.2 Å². The molecule has 0 radical (unpaired) electrons. The van der Waals surface area contributed by atoms with E-state index in [4.69, 9.17) is 0 Å². The Kier molecular flexibility index (Phi) is 8.90. The second kappa shape index (κ2) is 11.8. The van der Waals surface area contributed by atoms with Gasteiger partial charge in [0, 0.05) is 19.0 Å². The predicted molar refractivity (Wildman–Crippen MR) is 130 cm³/mol. The SMILES string of the molecule is CCc1ccc(CCC(=O)N(Cc2ccccc2C)[C@H](C)C(=O)NC2CCCCC2)cc1. The standard InChI is InChI=1S/C28H38N2O2/c1-4-23-14-16-24(17-15-23)18-19-27(31)30(20-25-11-9-8-10-21(25)2)22(3)28(32)29-26-12-6-5-7-13-26/h8-11,14-17,22,26H,4-7,12-13,18-20H2,1-3H3,(H,29,32)/t22-/m1/s1. The lowest BCUT2D eigenvalue weighted by atomic mass is 9.95. The van der Waals surface area contributed by atoms with E-state index in [1.54, 1.807) is 4.90 Å². The molecule has 0 unspecified atom stereocenters. The van der Waals surface area contributed by atoms with Crippen LogP contribution >= 0.6 is 0 Å². The molecule has 4 nitrogen and oxygen atoms in total. The second-order valence-electron chi connectivity index (χ2n) is 9.14. The molecule has 1 aliphatic carbocycles. The first-order valence-corrected chi connectivity index (χ1v) is 12.2. The fourth-order valence-corrected chi connectivity index (χ4v) is 4.46. The summed E-state index contributed by atoms with van der Waals surface area (Å²) in [4.78, 5) is 28.2. The molecule has 0 bridgehead atoms. The highest BCUT2D eigenvalue weighted by Crippen LogP contribution is 2.19. The van der Waals surface area contributed by atoms with Crippen LogP contribution in [-0.2, 0) is 29.0 Å². The van der Waals surface area contributed by atoms with Crippen molar-refractivity contribution in [3.8, 4) is 0 Å². The molecule has 1 N–H and O–H groups in total. The van der Waals surface area contributed by atoms with Crippen LogP contribution in [0.15, 0.2) is 48.5 Å². The van der Waals surface area contributed by atoms with Crippen molar-refractivity contribution in [2.75, 3.05) is 0 Å². The minimum atomic E-state index is -0.494. The molecule has 1 atom stereocenters. The number of aryl methyl sites for hydroxylation is 3. The van der Waals surface area contributed by atoms with Crippen molar-refractivity contribution < 1.29 is 9.59 Å². The lowest BCUT2D eigenvalue weighted by Crippen LogP contribution is -2.50. The van der Waals surface area contributed by atoms with Crippen LogP contribution in [0, 0.1) is 6.92 Å². The summed E-state index contributed by atoms with van der Waals surface area (Å²) < 4.78 is 0. The number of carbonyl (C=O) groups is 2. The predicted octanol–water partition coefficient (Wildman–Crippen LogP) is 5.36. The van der Waals surface area contributed by atoms with Gasteiger partial charge in [0.2, 0.25) is 11.8 Å². The largest absolute Gasteiger partial charge is 0.352 e. The molecular formula is C28H38N2O2. The van der Waals surface area contributed by atoms with Crippen molar-refractivity contribution in [3.05, 3.63) is 70.8 Å². The molecule has 2 amide bonds. The van der Waals surface area contributed by atoms with Crippen LogP contribution in [0.5, 0.6) is 0 Å². The number of amides is 2. The van der Waals surface area contributed by atoms with Gasteiger partial charge in [0.15, 0.2) is 0 Å². The minimum Gasteiger partial charge on any atom is -0.352 e. The molecule has 0 aliphatic heterocycles. The lowest BCUT2D eigenvalue weighted by Gasteiger charge is -2.31. The molecule has 0 heterocycles. The molecule has 2 aromatic carbocycles. The number of hydrogen-bond acceptors (Lipinski definition) is 2. The molecule has 1 aliphatic rings. The first kappa shape index (κ1) is 24.0. The second-order valence-corrected chi connectivity index (χ2v) is 9.14. The zero-order valence-corrected chi connectivity index (χ0v) is 19.9. The van der Waals surface area contributed by atoms with Gasteiger partial charge in [-0.05, 0) is 61.8 Å². The summed E-state index contributed by atoms with van der Waals surface area (Å²) in [5.41, 5.74) is 4.69. The van der Waals surface area contributed by atoms with Crippen LogP contribution < -0.4 is 5.32 Å². The molecule has 0 saturated heterocycles. The van der Waals surface area contributed by atoms with Gasteiger partial charge in [0.05, 0.1) is 0 Å². The summed E-state index contributed by atoms with van der Waals surface area (Å²) in [6.45, 7) is 6.52. The van der Waals surface area contributed by atoms with Crippen LogP contribution in [0.4, 0.5) is 0 Å². The normalized spacial score (nSPS) is 15.2. The number of nitrogens with one attached hydrogen (secondary N) is 1. The Morgan fingerprint density at radius 1 is 1.00 bits per heavy atom. The van der Waals surface area contributed by atoms with Crippen molar-refractivity contribution in [3.63, 3.8) is 0 Å². The van der Waals surface area contributed by atoms with Gasteiger partial charge in [0.25, 0.3) is 0 Å². The molecule has 4 heteroatoms. The number of benzene rings is 2. The van der Waals surface area contributed by atoms with E-state index in [1.807, 2.05) is 25.1 Å². The maximum absolute atomic E-state index is 13.3. The summed E-state index contributed by atoms with van der Waals surface area (Å²) in [7, 11) is 0. The summed E-state index contributed by atoms with van der Waals surface area (Å²) in [6, 6.07) is 16.3. The highest BCUT2D eigenvalue weighted by Gasteiger charge is 2.28. The third-order valence-corrected chi connectivity index (χ3v) is 6.78. The van der Waals surface area contributed by atoms with Crippen LogP contribution in [0.3, 0.4) is 0 Å². The Bertz CT molecular complexity index is 885. The highest BCUT2D eigenvalue weighted by molar-refractivity contribution is 5.87. The molecule has 2 aromatic rings. The number of nitrogens with zero attached hydrogens (tertiary/aromatic N) is 1. The molecule has 32 heavy (non-hydrogen) atoms. The topological polar surface area (TPSA) is 49.4 Å². The number of rotatable bonds is 9. The first-order chi connectivity index (χ1) is 15.5. The van der Waals surface area contributed by atoms with Gasteiger partial charge >= 0.3 is 0 Å². The van der Waals surface area contributed by atoms with E-state index in [9.17, 15) is 9.59 Å². The maximum atomic E-state index is 13.3. The average Bonchev–Trinajstić information content (AvgIpc) is 2.82. The Labute approximate surface area is 193 Å². The summed E-state index contributed by atoms with van der Waals surface area (Å²) in [5.74, 6) is -0.00903. The summed E-state index contributed by atoms with van der Waals surface area (Å²) in [5, 5.41) is 3.21. The van der Waals surface area contributed by atoms with Gasteiger partial charge < -0.3 is 10.2 Å². The van der Waals surface area contributed by atoms with Crippen molar-refractivity contribution in [2.24, 2.45) is 0 Å². The van der Waals surface area contributed by atoms with E-state index in [0.29, 0.717) is 19.4 Å². The summed E-state index contributed by atoms with van der Waals surface area (Å²) >= 11 is 0. The van der Waals surface area contributed by atoms with E-state index in [2.05, 4.69) is 49.5 Å². The monoisotopic (exact) mass is 434 g/mol. The smallest absolute Gasteiger partial charge is 0.242 e. The molecule has 3 rings (SSSR count). The Balaban J connectivity index is 1.70. The van der Waals surface area contributed by atoms with Crippen LogP contribution in [0.2, 0.25) is 0 Å². The fraction of sp³-hybridized carbons (Fsp3) is 0.500. The zero-order chi connectivity index (χ0) is 22.9. The molecule has 1 saturated carbocycles. The minimum absolute atomic E-state index is 0.0270. The maximum Gasteiger partial charge on any atom is 0.242 e. The van der Waals surface area contributed by atoms with Gasteiger partial charge in [0.1, 0.15) is 6.04 Å². The van der Waals surface area contributed by atoms with E-state index in [1.165, 1.54) is 24.8 Å². The third-order valence-electron chi connectivity index (χ3n) is 6.78. The van der Waals surface area contributed by atoms with Crippen molar-refractivity contribution in [2.45, 2.75) is 90.8 Å². The Morgan fingerprint density at radius 2 is 1.66 bits per heavy atom. The third kappa shape index (κ3) is 6.69. The van der Waals surface area contributed by atoms with E-state index in [0.717, 1.165) is 36.0 Å². The fourth-order valence-electron chi connectivity index (χ4n) is 4.46. The van der Waals surface area contributed by atoms with Crippen molar-refractivity contribution >= 4 is 11.8 Å². The van der Waals surface area contributed by atoms with Crippen LogP contribution in [0.1, 0.15) is 74.6 Å². The first-order valence-electron chi connectivity index (χ1n) is 12.2. The molecule has 0 aromatic heterocycles. The Hall–Kier alpha value is -2.62. The van der Waals surface area contributed by atoms with Gasteiger partial charge in [-0.2, -0.15) is 0 Å². The zero-order valence-electron chi connectivity index (χ0n) is 19.9. The van der Waals surface area contributed by atoms with Crippen LogP contribution in [0.25, 0.3) is 0 Å². The van der Waals surface area contributed by atoms with E-state index >= 15 is 0 Å². The summed E-state index contributed by atoms with van der Waals surface area (Å²) in [6.07, 6.45) is 7.76. The molecule has 1 fully saturated rings. The van der Waals surface area contributed by atoms with E-state index in [-0.39, 0.29) is 17.9 Å². The van der Waals surface area contributed by atoms with Gasteiger partial charge in [-0.1, -0.05) is 74.7 Å². The molecular weight excluding hydrogens is 396 g/mol. The Morgan fingerprint density at radius 3 is 2.31 bits per heavy atom. The number of carbonyl (C=O) groups excluding carboxylic acids is 2. The highest BCUT2D eigenvalue weighted by atomic mass is 16.2.